The number of carbonyl (C=O) groups is 2. The summed E-state index contributed by atoms with van der Waals surface area (Å²) in [5, 5.41) is 5.84. The first-order valence-corrected chi connectivity index (χ1v) is 11.9. The Hall–Kier alpha value is -3.71. The molecule has 1 saturated heterocycles. The minimum Gasteiger partial charge on any atom is -0.370 e. The first-order valence-electron chi connectivity index (χ1n) is 11.0. The molecular formula is C26H24N4O2S. The van der Waals surface area contributed by atoms with Crippen LogP contribution >= 0.6 is 11.3 Å². The molecule has 3 N–H and O–H groups in total. The van der Waals surface area contributed by atoms with Gasteiger partial charge in [-0.3, -0.25) is 9.59 Å². The minimum absolute atomic E-state index is 0.244. The number of nitrogens with two attached hydrogens (primary N) is 1. The lowest BCUT2D eigenvalue weighted by molar-refractivity contribution is 0.0996. The van der Waals surface area contributed by atoms with Gasteiger partial charge >= 0.3 is 0 Å². The quantitative estimate of drug-likeness (QED) is 0.426. The van der Waals surface area contributed by atoms with Crippen LogP contribution in [0.3, 0.4) is 0 Å². The number of nitrogens with zero attached hydrogens (tertiary/aromatic N) is 2. The van der Waals surface area contributed by atoms with Gasteiger partial charge in [0.15, 0.2) is 0 Å². The van der Waals surface area contributed by atoms with Crippen molar-refractivity contribution in [1.82, 2.24) is 4.98 Å². The molecule has 2 aromatic heterocycles. The molecule has 0 unspecified atom stereocenters. The summed E-state index contributed by atoms with van der Waals surface area (Å²) in [5.74, 6) is -0.767. The van der Waals surface area contributed by atoms with Gasteiger partial charge in [0.25, 0.3) is 5.91 Å². The zero-order valence-electron chi connectivity index (χ0n) is 18.1. The third-order valence-corrected chi connectivity index (χ3v) is 6.85. The molecule has 0 spiro atoms. The summed E-state index contributed by atoms with van der Waals surface area (Å²) in [6.45, 7) is 1.83. The van der Waals surface area contributed by atoms with E-state index < -0.39 is 5.91 Å². The van der Waals surface area contributed by atoms with Crippen molar-refractivity contribution in [3.05, 3.63) is 77.2 Å². The molecule has 6 nitrogen and oxygen atoms in total. The van der Waals surface area contributed by atoms with E-state index in [0.717, 1.165) is 53.1 Å². The maximum Gasteiger partial charge on any atom is 0.256 e. The van der Waals surface area contributed by atoms with Crippen LogP contribution in [0.5, 0.6) is 0 Å². The van der Waals surface area contributed by atoms with Gasteiger partial charge in [-0.1, -0.05) is 24.3 Å². The van der Waals surface area contributed by atoms with Crippen molar-refractivity contribution in [2.24, 2.45) is 5.73 Å². The number of pyridine rings is 1. The van der Waals surface area contributed by atoms with Crippen LogP contribution in [0.2, 0.25) is 0 Å². The fraction of sp³-hybridized carbons (Fsp3) is 0.192. The molecule has 166 valence electrons. The summed E-state index contributed by atoms with van der Waals surface area (Å²) in [4.78, 5) is 33.4. The smallest absolute Gasteiger partial charge is 0.256 e. The predicted octanol–water partition coefficient (Wildman–Crippen LogP) is 5.30. The second-order valence-corrected chi connectivity index (χ2v) is 9.10. The summed E-state index contributed by atoms with van der Waals surface area (Å²) in [6.07, 6.45) is 3.40. The number of primary amides is 1. The van der Waals surface area contributed by atoms with Gasteiger partial charge in [-0.05, 0) is 61.0 Å². The highest BCUT2D eigenvalue weighted by Crippen LogP contribution is 2.32. The van der Waals surface area contributed by atoms with Gasteiger partial charge in [0.05, 0.1) is 33.0 Å². The summed E-state index contributed by atoms with van der Waals surface area (Å²) >= 11 is 1.58. The van der Waals surface area contributed by atoms with Crippen molar-refractivity contribution in [2.75, 3.05) is 23.3 Å². The molecule has 4 aromatic rings. The zero-order chi connectivity index (χ0) is 22.8. The van der Waals surface area contributed by atoms with Crippen molar-refractivity contribution < 1.29 is 9.59 Å². The summed E-state index contributed by atoms with van der Waals surface area (Å²) < 4.78 is 0. The average molecular weight is 457 g/mol. The van der Waals surface area contributed by atoms with E-state index in [4.69, 9.17) is 10.7 Å². The molecule has 1 aliphatic rings. The van der Waals surface area contributed by atoms with Crippen molar-refractivity contribution >= 4 is 45.4 Å². The molecule has 0 radical (unpaired) electrons. The van der Waals surface area contributed by atoms with Crippen LogP contribution in [-0.2, 0) is 0 Å². The van der Waals surface area contributed by atoms with Crippen molar-refractivity contribution in [2.45, 2.75) is 19.3 Å². The number of thiophene rings is 1. The van der Waals surface area contributed by atoms with Crippen molar-refractivity contribution in [3.8, 4) is 10.6 Å². The fourth-order valence-electron chi connectivity index (χ4n) is 4.30. The fourth-order valence-corrected chi connectivity index (χ4v) is 4.99. The Morgan fingerprint density at radius 3 is 2.55 bits per heavy atom. The first kappa shape index (κ1) is 21.2. The Kier molecular flexibility index (Phi) is 5.79. The Morgan fingerprint density at radius 1 is 0.970 bits per heavy atom. The van der Waals surface area contributed by atoms with Crippen LogP contribution in [0.4, 0.5) is 11.4 Å². The van der Waals surface area contributed by atoms with Crippen molar-refractivity contribution in [3.63, 3.8) is 0 Å². The number of benzene rings is 2. The van der Waals surface area contributed by atoms with Crippen LogP contribution in [0.1, 0.15) is 40.0 Å². The maximum atomic E-state index is 13.6. The van der Waals surface area contributed by atoms with Crippen molar-refractivity contribution in [1.29, 1.82) is 0 Å². The van der Waals surface area contributed by atoms with Crippen LogP contribution in [-0.4, -0.2) is 29.9 Å². The van der Waals surface area contributed by atoms with Gasteiger partial charge in [0.1, 0.15) is 0 Å². The van der Waals surface area contributed by atoms with E-state index in [1.165, 1.54) is 6.42 Å². The standard InChI is InChI=1S/C26H24N4O2S/c27-25(31)17-10-11-23(30-12-4-1-5-13-30)21(15-17)29-26(32)19-16-22(24-9-6-14-33-24)28-20-8-3-2-7-18(19)20/h2-3,6-11,14-16H,1,4-5,12-13H2,(H2,27,31)(H,29,32). The lowest BCUT2D eigenvalue weighted by atomic mass is 10.0. The van der Waals surface area contributed by atoms with E-state index in [1.54, 1.807) is 23.5 Å². The van der Waals surface area contributed by atoms with Gasteiger partial charge in [-0.25, -0.2) is 4.98 Å². The average Bonchev–Trinajstić information content (AvgIpc) is 3.39. The topological polar surface area (TPSA) is 88.3 Å². The van der Waals surface area contributed by atoms with E-state index in [2.05, 4.69) is 10.2 Å². The molecule has 2 amide bonds. The number of para-hydroxylation sites is 1. The second-order valence-electron chi connectivity index (χ2n) is 8.15. The Morgan fingerprint density at radius 2 is 1.79 bits per heavy atom. The highest BCUT2D eigenvalue weighted by Gasteiger charge is 2.20. The second kappa shape index (κ2) is 9.03. The summed E-state index contributed by atoms with van der Waals surface area (Å²) in [7, 11) is 0. The first-order chi connectivity index (χ1) is 16.1. The van der Waals surface area contributed by atoms with Crippen LogP contribution in [0.15, 0.2) is 66.0 Å². The molecule has 0 bridgehead atoms. The third kappa shape index (κ3) is 4.32. The number of piperidine rings is 1. The SMILES string of the molecule is NC(=O)c1ccc(N2CCCCC2)c(NC(=O)c2cc(-c3cccs3)nc3ccccc23)c1. The lowest BCUT2D eigenvalue weighted by Crippen LogP contribution is -2.30. The number of carbonyl (C=O) groups excluding carboxylic acids is 2. The Labute approximate surface area is 196 Å². The van der Waals surface area contributed by atoms with E-state index in [9.17, 15) is 9.59 Å². The largest absolute Gasteiger partial charge is 0.370 e. The Bertz CT molecular complexity index is 1330. The number of rotatable bonds is 5. The molecule has 33 heavy (non-hydrogen) atoms. The Balaban J connectivity index is 1.57. The van der Waals surface area contributed by atoms with Gasteiger partial charge in [-0.2, -0.15) is 0 Å². The van der Waals surface area contributed by atoms with Crippen LogP contribution < -0.4 is 16.0 Å². The van der Waals surface area contributed by atoms with Crippen LogP contribution in [0.25, 0.3) is 21.5 Å². The molecule has 5 rings (SSSR count). The van der Waals surface area contributed by atoms with E-state index in [-0.39, 0.29) is 5.91 Å². The van der Waals surface area contributed by atoms with Gasteiger partial charge in [-0.15, -0.1) is 11.3 Å². The molecule has 1 fully saturated rings. The van der Waals surface area contributed by atoms with Gasteiger partial charge < -0.3 is 16.0 Å². The van der Waals surface area contributed by atoms with E-state index in [1.807, 2.05) is 53.9 Å². The predicted molar refractivity (Wildman–Crippen MR) is 134 cm³/mol. The number of nitrogens with one attached hydrogen (secondary N) is 1. The molecule has 2 aromatic carbocycles. The molecule has 0 atom stereocenters. The lowest BCUT2D eigenvalue weighted by Gasteiger charge is -2.30. The number of fused-ring (bicyclic) bond motifs is 1. The number of amides is 2. The maximum absolute atomic E-state index is 13.6. The number of hydrogen-bond donors (Lipinski definition) is 2. The highest BCUT2D eigenvalue weighted by atomic mass is 32.1. The number of aromatic nitrogens is 1. The zero-order valence-corrected chi connectivity index (χ0v) is 18.9. The number of anilines is 2. The monoisotopic (exact) mass is 456 g/mol. The number of hydrogen-bond acceptors (Lipinski definition) is 5. The molecule has 3 heterocycles. The summed E-state index contributed by atoms with van der Waals surface area (Å²) in [5.41, 5.74) is 9.46. The van der Waals surface area contributed by atoms with E-state index >= 15 is 0 Å². The molecule has 0 saturated carbocycles. The highest BCUT2D eigenvalue weighted by molar-refractivity contribution is 7.13. The normalized spacial score (nSPS) is 13.8. The third-order valence-electron chi connectivity index (χ3n) is 5.96. The van der Waals surface area contributed by atoms with Gasteiger partial charge in [0, 0.05) is 24.0 Å². The molecule has 7 heteroatoms. The minimum atomic E-state index is -0.523. The van der Waals surface area contributed by atoms with Crippen LogP contribution in [0, 0.1) is 0 Å². The van der Waals surface area contributed by atoms with E-state index in [0.29, 0.717) is 16.8 Å². The summed E-state index contributed by atoms with van der Waals surface area (Å²) in [6, 6.07) is 18.7. The molecule has 0 aliphatic carbocycles. The molecule has 1 aliphatic heterocycles. The molecular weight excluding hydrogens is 432 g/mol. The van der Waals surface area contributed by atoms with Gasteiger partial charge in [0.2, 0.25) is 5.91 Å².